The molecule has 2 amide bonds. The van der Waals surface area contributed by atoms with Gasteiger partial charge in [-0.2, -0.15) is 0 Å². The number of carbonyl (C=O) groups excluding carboxylic acids is 2. The highest BCUT2D eigenvalue weighted by Crippen LogP contribution is 2.59. The first kappa shape index (κ1) is 18.0. The van der Waals surface area contributed by atoms with Crippen LogP contribution in [0, 0.1) is 5.92 Å². The second-order valence-electron chi connectivity index (χ2n) is 7.00. The summed E-state index contributed by atoms with van der Waals surface area (Å²) in [4.78, 5) is 23.8. The molecule has 2 unspecified atom stereocenters. The SMILES string of the molecule is CC(C)OCC(=O)N[C@@]12CC(NC(=O)COc3ccc(Cl)cc3)C1C2. The van der Waals surface area contributed by atoms with E-state index in [0.29, 0.717) is 16.7 Å². The van der Waals surface area contributed by atoms with Crippen LogP contribution in [0.1, 0.15) is 26.7 Å². The molecule has 2 fully saturated rings. The molecule has 0 spiro atoms. The highest BCUT2D eigenvalue weighted by molar-refractivity contribution is 6.30. The minimum Gasteiger partial charge on any atom is -0.484 e. The first-order valence-corrected chi connectivity index (χ1v) is 8.86. The summed E-state index contributed by atoms with van der Waals surface area (Å²) >= 11 is 5.80. The van der Waals surface area contributed by atoms with Crippen LogP contribution < -0.4 is 15.4 Å². The van der Waals surface area contributed by atoms with E-state index in [2.05, 4.69) is 10.6 Å². The third-order valence-electron chi connectivity index (χ3n) is 4.67. The molecule has 0 aliphatic heterocycles. The van der Waals surface area contributed by atoms with Crippen LogP contribution in [0.4, 0.5) is 0 Å². The van der Waals surface area contributed by atoms with Crippen LogP contribution in [-0.4, -0.2) is 42.7 Å². The van der Waals surface area contributed by atoms with Crippen molar-refractivity contribution in [3.05, 3.63) is 29.3 Å². The summed E-state index contributed by atoms with van der Waals surface area (Å²) in [6.45, 7) is 3.84. The quantitative estimate of drug-likeness (QED) is 0.736. The Kier molecular flexibility index (Phi) is 5.20. The van der Waals surface area contributed by atoms with Crippen molar-refractivity contribution in [1.29, 1.82) is 0 Å². The maximum Gasteiger partial charge on any atom is 0.258 e. The summed E-state index contributed by atoms with van der Waals surface area (Å²) in [6.07, 6.45) is 1.70. The Balaban J connectivity index is 1.35. The predicted molar refractivity (Wildman–Crippen MR) is 93.6 cm³/mol. The lowest BCUT2D eigenvalue weighted by Gasteiger charge is -2.35. The number of fused-ring (bicyclic) bond motifs is 1. The number of rotatable bonds is 8. The van der Waals surface area contributed by atoms with Crippen molar-refractivity contribution in [2.75, 3.05) is 13.2 Å². The van der Waals surface area contributed by atoms with Gasteiger partial charge in [-0.1, -0.05) is 11.6 Å². The number of hydrogen-bond donors (Lipinski definition) is 2. The van der Waals surface area contributed by atoms with Crippen LogP contribution in [-0.2, 0) is 14.3 Å². The average molecular weight is 367 g/mol. The van der Waals surface area contributed by atoms with Gasteiger partial charge in [0.1, 0.15) is 12.4 Å². The number of benzene rings is 1. The average Bonchev–Trinajstić information content (AvgIpc) is 3.14. The van der Waals surface area contributed by atoms with Gasteiger partial charge in [-0.15, -0.1) is 0 Å². The predicted octanol–water partition coefficient (Wildman–Crippen LogP) is 1.91. The molecule has 2 saturated carbocycles. The molecular formula is C18H23ClN2O4. The van der Waals surface area contributed by atoms with Crippen molar-refractivity contribution >= 4 is 23.4 Å². The van der Waals surface area contributed by atoms with E-state index in [-0.39, 0.29) is 42.7 Å². The second-order valence-corrected chi connectivity index (χ2v) is 7.43. The number of nitrogens with one attached hydrogen (secondary N) is 2. The lowest BCUT2D eigenvalue weighted by molar-refractivity contribution is -0.129. The van der Waals surface area contributed by atoms with E-state index in [1.165, 1.54) is 0 Å². The number of amides is 2. The zero-order chi connectivity index (χ0) is 18.0. The molecule has 6 nitrogen and oxygen atoms in total. The van der Waals surface area contributed by atoms with Gasteiger partial charge >= 0.3 is 0 Å². The van der Waals surface area contributed by atoms with Crippen LogP contribution in [0.5, 0.6) is 5.75 Å². The normalized spacial score (nSPS) is 26.4. The third kappa shape index (κ3) is 4.44. The molecule has 7 heteroatoms. The number of halogens is 1. The monoisotopic (exact) mass is 366 g/mol. The van der Waals surface area contributed by atoms with Gasteiger partial charge in [0.05, 0.1) is 6.10 Å². The number of ether oxygens (including phenoxy) is 2. The highest BCUT2D eigenvalue weighted by Gasteiger charge is 2.68. The number of hydrogen-bond acceptors (Lipinski definition) is 4. The van der Waals surface area contributed by atoms with Crippen molar-refractivity contribution in [3.8, 4) is 5.75 Å². The molecule has 2 aliphatic rings. The molecule has 2 aliphatic carbocycles. The van der Waals surface area contributed by atoms with E-state index in [1.54, 1.807) is 24.3 Å². The zero-order valence-electron chi connectivity index (χ0n) is 14.4. The summed E-state index contributed by atoms with van der Waals surface area (Å²) in [7, 11) is 0. The van der Waals surface area contributed by atoms with E-state index < -0.39 is 0 Å². The molecule has 0 aromatic heterocycles. The Bertz CT molecular complexity index is 649. The van der Waals surface area contributed by atoms with Gasteiger partial charge in [0.2, 0.25) is 5.91 Å². The van der Waals surface area contributed by atoms with Crippen molar-refractivity contribution in [2.45, 2.75) is 44.4 Å². The zero-order valence-corrected chi connectivity index (χ0v) is 15.1. The van der Waals surface area contributed by atoms with Gasteiger partial charge in [0, 0.05) is 22.5 Å². The Morgan fingerprint density at radius 3 is 2.56 bits per heavy atom. The van der Waals surface area contributed by atoms with Gasteiger partial charge in [0.15, 0.2) is 6.61 Å². The summed E-state index contributed by atoms with van der Waals surface area (Å²) in [5.74, 6) is 0.670. The topological polar surface area (TPSA) is 76.7 Å². The standard InChI is InChI=1S/C18H23ClN2O4/c1-11(2)24-10-17(23)21-18-7-14(18)15(8-18)20-16(22)9-25-13-5-3-12(19)4-6-13/h3-6,11,14-15H,7-10H2,1-2H3,(H,20,22)(H,21,23)/t14?,15?,18-/m0/s1. The van der Waals surface area contributed by atoms with E-state index in [9.17, 15) is 9.59 Å². The smallest absolute Gasteiger partial charge is 0.258 e. The summed E-state index contributed by atoms with van der Waals surface area (Å²) < 4.78 is 10.7. The Morgan fingerprint density at radius 2 is 1.92 bits per heavy atom. The molecule has 0 radical (unpaired) electrons. The summed E-state index contributed by atoms with van der Waals surface area (Å²) in [5.41, 5.74) is -0.133. The molecule has 0 bridgehead atoms. The molecule has 2 N–H and O–H groups in total. The molecule has 1 aromatic carbocycles. The summed E-state index contributed by atoms with van der Waals surface area (Å²) in [5, 5.41) is 6.62. The van der Waals surface area contributed by atoms with Gasteiger partial charge in [0.25, 0.3) is 5.91 Å². The van der Waals surface area contributed by atoms with Crippen LogP contribution in [0.15, 0.2) is 24.3 Å². The van der Waals surface area contributed by atoms with Gasteiger partial charge in [-0.3, -0.25) is 9.59 Å². The van der Waals surface area contributed by atoms with Crippen molar-refractivity contribution in [3.63, 3.8) is 0 Å². The molecule has 136 valence electrons. The van der Waals surface area contributed by atoms with Crippen LogP contribution in [0.2, 0.25) is 5.02 Å². The molecule has 25 heavy (non-hydrogen) atoms. The first-order chi connectivity index (χ1) is 11.9. The van der Waals surface area contributed by atoms with Gasteiger partial charge in [-0.25, -0.2) is 0 Å². The molecular weight excluding hydrogens is 344 g/mol. The van der Waals surface area contributed by atoms with E-state index in [4.69, 9.17) is 21.1 Å². The molecule has 3 rings (SSSR count). The molecule has 1 aromatic rings. The van der Waals surface area contributed by atoms with Crippen LogP contribution in [0.3, 0.4) is 0 Å². The fourth-order valence-electron chi connectivity index (χ4n) is 3.30. The van der Waals surface area contributed by atoms with Gasteiger partial charge in [-0.05, 0) is 51.0 Å². The molecule has 3 atom stereocenters. The lowest BCUT2D eigenvalue weighted by Crippen LogP contribution is -2.56. The minimum atomic E-state index is -0.157. The Labute approximate surface area is 152 Å². The van der Waals surface area contributed by atoms with Crippen LogP contribution >= 0.6 is 11.6 Å². The van der Waals surface area contributed by atoms with E-state index in [1.807, 2.05) is 13.8 Å². The number of carbonyl (C=O) groups is 2. The first-order valence-electron chi connectivity index (χ1n) is 8.48. The third-order valence-corrected chi connectivity index (χ3v) is 4.92. The van der Waals surface area contributed by atoms with Gasteiger partial charge < -0.3 is 20.1 Å². The maximum atomic E-state index is 12.0. The minimum absolute atomic E-state index is 0.0346. The maximum absolute atomic E-state index is 12.0. The van der Waals surface area contributed by atoms with E-state index in [0.717, 1.165) is 12.8 Å². The van der Waals surface area contributed by atoms with E-state index >= 15 is 0 Å². The fourth-order valence-corrected chi connectivity index (χ4v) is 3.43. The van der Waals surface area contributed by atoms with Crippen molar-refractivity contribution < 1.29 is 19.1 Å². The molecule has 0 heterocycles. The lowest BCUT2D eigenvalue weighted by atomic mass is 9.86. The Hall–Kier alpha value is -1.79. The fraction of sp³-hybridized carbons (Fsp3) is 0.556. The highest BCUT2D eigenvalue weighted by atomic mass is 35.5. The second kappa shape index (κ2) is 7.22. The van der Waals surface area contributed by atoms with Crippen LogP contribution in [0.25, 0.3) is 0 Å². The summed E-state index contributed by atoms with van der Waals surface area (Å²) in [6, 6.07) is 6.97. The van der Waals surface area contributed by atoms with Crippen molar-refractivity contribution in [1.82, 2.24) is 10.6 Å². The Morgan fingerprint density at radius 1 is 1.20 bits per heavy atom. The molecule has 0 saturated heterocycles. The largest absolute Gasteiger partial charge is 0.484 e. The van der Waals surface area contributed by atoms with Crippen molar-refractivity contribution in [2.24, 2.45) is 5.92 Å².